The lowest BCUT2D eigenvalue weighted by molar-refractivity contribution is -0.128. The van der Waals surface area contributed by atoms with Crippen molar-refractivity contribution >= 4 is 35.0 Å². The van der Waals surface area contributed by atoms with Gasteiger partial charge in [-0.15, -0.1) is 0 Å². The zero-order chi connectivity index (χ0) is 16.4. The SMILES string of the molecule is O=C(NNC(=O)C1Cc2cc(Cl)ccc2O1)c1cccc(Cl)c1. The molecule has 0 bridgehead atoms. The number of benzene rings is 2. The van der Waals surface area contributed by atoms with E-state index in [1.807, 2.05) is 0 Å². The second-order valence-electron chi connectivity index (χ2n) is 5.02. The maximum absolute atomic E-state index is 12.1. The van der Waals surface area contributed by atoms with Crippen LogP contribution in [0, 0.1) is 0 Å². The average Bonchev–Trinajstić information content (AvgIpc) is 2.95. The zero-order valence-electron chi connectivity index (χ0n) is 11.8. The molecule has 3 rings (SSSR count). The zero-order valence-corrected chi connectivity index (χ0v) is 13.3. The lowest BCUT2D eigenvalue weighted by atomic mass is 10.1. The Kier molecular flexibility index (Phi) is 4.41. The Morgan fingerprint density at radius 1 is 1.04 bits per heavy atom. The summed E-state index contributed by atoms with van der Waals surface area (Å²) in [5, 5.41) is 1.03. The standard InChI is InChI=1S/C16H12Cl2N2O3/c17-11-3-1-2-9(6-11)15(21)19-20-16(22)14-8-10-7-12(18)4-5-13(10)23-14/h1-7,14H,8H2,(H,19,21)(H,20,22). The van der Waals surface area contributed by atoms with Crippen molar-refractivity contribution in [2.45, 2.75) is 12.5 Å². The van der Waals surface area contributed by atoms with Gasteiger partial charge in [-0.3, -0.25) is 20.4 Å². The minimum Gasteiger partial charge on any atom is -0.480 e. The van der Waals surface area contributed by atoms with Gasteiger partial charge in [0.25, 0.3) is 11.8 Å². The second-order valence-corrected chi connectivity index (χ2v) is 5.89. The molecule has 1 atom stereocenters. The van der Waals surface area contributed by atoms with E-state index < -0.39 is 17.9 Å². The number of fused-ring (bicyclic) bond motifs is 1. The van der Waals surface area contributed by atoms with Crippen LogP contribution in [0.2, 0.25) is 10.0 Å². The first-order valence-electron chi connectivity index (χ1n) is 6.84. The molecule has 7 heteroatoms. The summed E-state index contributed by atoms with van der Waals surface area (Å²) in [6, 6.07) is 11.6. The quantitative estimate of drug-likeness (QED) is 0.818. The third-order valence-corrected chi connectivity index (χ3v) is 3.85. The number of carbonyl (C=O) groups is 2. The summed E-state index contributed by atoms with van der Waals surface area (Å²) >= 11 is 11.7. The molecule has 23 heavy (non-hydrogen) atoms. The highest BCUT2D eigenvalue weighted by Gasteiger charge is 2.29. The Balaban J connectivity index is 1.58. The summed E-state index contributed by atoms with van der Waals surface area (Å²) in [6.45, 7) is 0. The topological polar surface area (TPSA) is 67.4 Å². The molecule has 2 aromatic carbocycles. The van der Waals surface area contributed by atoms with E-state index in [2.05, 4.69) is 10.9 Å². The fourth-order valence-electron chi connectivity index (χ4n) is 2.26. The molecule has 0 radical (unpaired) electrons. The first-order chi connectivity index (χ1) is 11.0. The van der Waals surface area contributed by atoms with Crippen LogP contribution < -0.4 is 15.6 Å². The highest BCUT2D eigenvalue weighted by molar-refractivity contribution is 6.31. The predicted octanol–water partition coefficient (Wildman–Crippen LogP) is 2.76. The third kappa shape index (κ3) is 3.57. The van der Waals surface area contributed by atoms with E-state index in [-0.39, 0.29) is 0 Å². The van der Waals surface area contributed by atoms with Crippen molar-refractivity contribution < 1.29 is 14.3 Å². The van der Waals surface area contributed by atoms with E-state index in [1.54, 1.807) is 36.4 Å². The number of rotatable bonds is 2. The molecule has 0 aromatic heterocycles. The van der Waals surface area contributed by atoms with E-state index in [4.69, 9.17) is 27.9 Å². The van der Waals surface area contributed by atoms with E-state index in [1.165, 1.54) is 6.07 Å². The monoisotopic (exact) mass is 350 g/mol. The Morgan fingerprint density at radius 2 is 1.83 bits per heavy atom. The number of ether oxygens (including phenoxy) is 1. The Bertz CT molecular complexity index is 780. The van der Waals surface area contributed by atoms with Crippen molar-refractivity contribution in [2.24, 2.45) is 0 Å². The average molecular weight is 351 g/mol. The number of hydrazine groups is 1. The first-order valence-corrected chi connectivity index (χ1v) is 7.59. The number of nitrogens with one attached hydrogen (secondary N) is 2. The molecule has 1 aliphatic heterocycles. The summed E-state index contributed by atoms with van der Waals surface area (Å²) in [5.41, 5.74) is 5.90. The summed E-state index contributed by atoms with van der Waals surface area (Å²) in [6.07, 6.45) is -0.308. The van der Waals surface area contributed by atoms with Crippen LogP contribution in [0.5, 0.6) is 5.75 Å². The maximum Gasteiger partial charge on any atom is 0.279 e. The molecule has 1 unspecified atom stereocenters. The molecule has 0 saturated heterocycles. The van der Waals surface area contributed by atoms with Crippen molar-refractivity contribution in [1.82, 2.24) is 10.9 Å². The second kappa shape index (κ2) is 6.48. The molecule has 2 aromatic rings. The molecule has 0 aliphatic carbocycles. The minimum atomic E-state index is -0.705. The molecule has 0 fully saturated rings. The van der Waals surface area contributed by atoms with Crippen LogP contribution >= 0.6 is 23.2 Å². The molecule has 2 N–H and O–H groups in total. The smallest absolute Gasteiger partial charge is 0.279 e. The van der Waals surface area contributed by atoms with Crippen molar-refractivity contribution in [3.63, 3.8) is 0 Å². The summed E-state index contributed by atoms with van der Waals surface area (Å²) in [5.74, 6) is -0.275. The van der Waals surface area contributed by atoms with E-state index in [0.29, 0.717) is 27.8 Å². The lowest BCUT2D eigenvalue weighted by Crippen LogP contribution is -2.47. The summed E-state index contributed by atoms with van der Waals surface area (Å²) in [4.78, 5) is 24.0. The van der Waals surface area contributed by atoms with Crippen molar-refractivity contribution in [1.29, 1.82) is 0 Å². The molecule has 0 spiro atoms. The van der Waals surface area contributed by atoms with Gasteiger partial charge in [-0.25, -0.2) is 0 Å². The molecule has 118 valence electrons. The number of amides is 2. The van der Waals surface area contributed by atoms with Gasteiger partial charge in [-0.05, 0) is 42.0 Å². The largest absolute Gasteiger partial charge is 0.480 e. The van der Waals surface area contributed by atoms with Crippen molar-refractivity contribution in [3.8, 4) is 5.75 Å². The lowest BCUT2D eigenvalue weighted by Gasteiger charge is -2.12. The fourth-order valence-corrected chi connectivity index (χ4v) is 2.65. The van der Waals surface area contributed by atoms with Crippen LogP contribution in [-0.2, 0) is 11.2 Å². The number of halogens is 2. The van der Waals surface area contributed by atoms with Gasteiger partial charge in [0.1, 0.15) is 5.75 Å². The number of carbonyl (C=O) groups excluding carboxylic acids is 2. The molecule has 1 heterocycles. The van der Waals surface area contributed by atoms with Gasteiger partial charge >= 0.3 is 0 Å². The molecule has 2 amide bonds. The Morgan fingerprint density at radius 3 is 2.61 bits per heavy atom. The summed E-state index contributed by atoms with van der Waals surface area (Å²) in [7, 11) is 0. The Labute approximate surface area is 142 Å². The molecular weight excluding hydrogens is 339 g/mol. The van der Waals surface area contributed by atoms with Gasteiger partial charge in [-0.2, -0.15) is 0 Å². The minimum absolute atomic E-state index is 0.347. The van der Waals surface area contributed by atoms with Crippen LogP contribution in [0.15, 0.2) is 42.5 Å². The van der Waals surface area contributed by atoms with Crippen LogP contribution in [-0.4, -0.2) is 17.9 Å². The van der Waals surface area contributed by atoms with Gasteiger partial charge in [0.2, 0.25) is 0 Å². The van der Waals surface area contributed by atoms with Gasteiger partial charge in [0.05, 0.1) is 0 Å². The molecule has 0 saturated carbocycles. The number of hydrogen-bond acceptors (Lipinski definition) is 3. The van der Waals surface area contributed by atoms with E-state index >= 15 is 0 Å². The highest BCUT2D eigenvalue weighted by Crippen LogP contribution is 2.31. The van der Waals surface area contributed by atoms with E-state index in [0.717, 1.165) is 5.56 Å². The van der Waals surface area contributed by atoms with Crippen LogP contribution in [0.3, 0.4) is 0 Å². The Hall–Kier alpha value is -2.24. The van der Waals surface area contributed by atoms with Crippen LogP contribution in [0.1, 0.15) is 15.9 Å². The van der Waals surface area contributed by atoms with E-state index in [9.17, 15) is 9.59 Å². The highest BCUT2D eigenvalue weighted by atomic mass is 35.5. The molecule has 1 aliphatic rings. The van der Waals surface area contributed by atoms with Gasteiger partial charge in [0.15, 0.2) is 6.10 Å². The fraction of sp³-hybridized carbons (Fsp3) is 0.125. The van der Waals surface area contributed by atoms with Crippen molar-refractivity contribution in [3.05, 3.63) is 63.6 Å². The molecular formula is C16H12Cl2N2O3. The van der Waals surface area contributed by atoms with Crippen LogP contribution in [0.4, 0.5) is 0 Å². The normalized spacial score (nSPS) is 15.5. The maximum atomic E-state index is 12.1. The third-order valence-electron chi connectivity index (χ3n) is 3.38. The number of hydrogen-bond donors (Lipinski definition) is 2. The van der Waals surface area contributed by atoms with Gasteiger partial charge in [0, 0.05) is 22.0 Å². The first kappa shape index (κ1) is 15.6. The van der Waals surface area contributed by atoms with Crippen molar-refractivity contribution in [2.75, 3.05) is 0 Å². The summed E-state index contributed by atoms with van der Waals surface area (Å²) < 4.78 is 5.54. The van der Waals surface area contributed by atoms with Gasteiger partial charge < -0.3 is 4.74 Å². The van der Waals surface area contributed by atoms with Gasteiger partial charge in [-0.1, -0.05) is 29.3 Å². The predicted molar refractivity (Wildman–Crippen MR) is 86.6 cm³/mol. The van der Waals surface area contributed by atoms with Crippen LogP contribution in [0.25, 0.3) is 0 Å². The molecule has 5 nitrogen and oxygen atoms in total.